The first-order valence-electron chi connectivity index (χ1n) is 8.09. The summed E-state index contributed by atoms with van der Waals surface area (Å²) < 4.78 is 0. The van der Waals surface area contributed by atoms with Crippen LogP contribution >= 0.6 is 0 Å². The maximum absolute atomic E-state index is 12.1. The third-order valence-corrected chi connectivity index (χ3v) is 3.75. The lowest BCUT2D eigenvalue weighted by Gasteiger charge is -2.15. The molecule has 0 atom stereocenters. The Kier molecular flexibility index (Phi) is 5.78. The number of hydrogen-bond donors (Lipinski definition) is 3. The molecule has 1 saturated heterocycles. The van der Waals surface area contributed by atoms with Crippen LogP contribution in [0.5, 0.6) is 0 Å². The maximum atomic E-state index is 12.1. The van der Waals surface area contributed by atoms with Gasteiger partial charge in [0.25, 0.3) is 5.91 Å². The van der Waals surface area contributed by atoms with Gasteiger partial charge in [-0.1, -0.05) is 13.8 Å². The molecule has 0 radical (unpaired) electrons. The van der Waals surface area contributed by atoms with Gasteiger partial charge in [-0.05, 0) is 36.6 Å². The first-order valence-corrected chi connectivity index (χ1v) is 8.09. The number of benzene rings is 1. The Morgan fingerprint density at radius 3 is 2.67 bits per heavy atom. The third kappa shape index (κ3) is 4.47. The van der Waals surface area contributed by atoms with Gasteiger partial charge in [0.2, 0.25) is 5.91 Å². The molecule has 0 aromatic heterocycles. The van der Waals surface area contributed by atoms with Crippen LogP contribution in [0.1, 0.15) is 29.8 Å². The summed E-state index contributed by atoms with van der Waals surface area (Å²) in [6, 6.07) is 4.93. The molecule has 1 aromatic rings. The van der Waals surface area contributed by atoms with Crippen molar-refractivity contribution in [1.82, 2.24) is 15.5 Å². The van der Waals surface area contributed by atoms with Gasteiger partial charge in [-0.2, -0.15) is 0 Å². The van der Waals surface area contributed by atoms with E-state index in [4.69, 9.17) is 0 Å². The predicted molar refractivity (Wildman–Crippen MR) is 92.0 cm³/mol. The van der Waals surface area contributed by atoms with E-state index in [1.165, 1.54) is 4.90 Å². The fraction of sp³-hybridized carbons (Fsp3) is 0.471. The van der Waals surface area contributed by atoms with E-state index in [2.05, 4.69) is 16.0 Å². The number of rotatable bonds is 6. The molecule has 24 heavy (non-hydrogen) atoms. The van der Waals surface area contributed by atoms with Crippen molar-refractivity contribution >= 4 is 23.5 Å². The summed E-state index contributed by atoms with van der Waals surface area (Å²) in [5.74, 6) is 0.0103. The molecule has 4 amide bonds. The smallest absolute Gasteiger partial charge is 0.324 e. The predicted octanol–water partition coefficient (Wildman–Crippen LogP) is 1.34. The molecule has 1 aromatic carbocycles. The molecule has 0 spiro atoms. The number of imide groups is 1. The van der Waals surface area contributed by atoms with Crippen LogP contribution in [-0.2, 0) is 4.79 Å². The Hall–Kier alpha value is -2.57. The SMILES string of the molecule is Cc1cc(C(=O)NCC(C)C)ccc1NCC(=O)N1CCNC1=O. The minimum Gasteiger partial charge on any atom is -0.376 e. The summed E-state index contributed by atoms with van der Waals surface area (Å²) >= 11 is 0. The largest absolute Gasteiger partial charge is 0.376 e. The number of anilines is 1. The highest BCUT2D eigenvalue weighted by atomic mass is 16.2. The number of amides is 4. The summed E-state index contributed by atoms with van der Waals surface area (Å²) in [6.45, 7) is 7.50. The van der Waals surface area contributed by atoms with Gasteiger partial charge in [0.1, 0.15) is 0 Å². The minimum absolute atomic E-state index is 0.0349. The Morgan fingerprint density at radius 1 is 1.33 bits per heavy atom. The van der Waals surface area contributed by atoms with Crippen molar-refractivity contribution in [3.8, 4) is 0 Å². The number of hydrogen-bond acceptors (Lipinski definition) is 4. The lowest BCUT2D eigenvalue weighted by atomic mass is 10.1. The lowest BCUT2D eigenvalue weighted by Crippen LogP contribution is -2.38. The van der Waals surface area contributed by atoms with Crippen molar-refractivity contribution in [2.24, 2.45) is 5.92 Å². The van der Waals surface area contributed by atoms with E-state index < -0.39 is 0 Å². The molecule has 130 valence electrons. The number of aryl methyl sites for hydroxylation is 1. The van der Waals surface area contributed by atoms with Gasteiger partial charge < -0.3 is 16.0 Å². The summed E-state index contributed by atoms with van der Waals surface area (Å²) in [6.07, 6.45) is 0. The zero-order valence-corrected chi connectivity index (χ0v) is 14.3. The van der Waals surface area contributed by atoms with Gasteiger partial charge in [-0.15, -0.1) is 0 Å². The van der Waals surface area contributed by atoms with E-state index in [1.54, 1.807) is 18.2 Å². The lowest BCUT2D eigenvalue weighted by molar-refractivity contribution is -0.125. The van der Waals surface area contributed by atoms with Crippen molar-refractivity contribution in [2.45, 2.75) is 20.8 Å². The number of carbonyl (C=O) groups excluding carboxylic acids is 3. The molecule has 2 rings (SSSR count). The first-order chi connectivity index (χ1) is 11.4. The summed E-state index contributed by atoms with van der Waals surface area (Å²) in [5.41, 5.74) is 2.22. The van der Waals surface area contributed by atoms with Gasteiger partial charge >= 0.3 is 6.03 Å². The molecule has 1 aliphatic rings. The van der Waals surface area contributed by atoms with E-state index in [0.717, 1.165) is 11.3 Å². The van der Waals surface area contributed by atoms with E-state index in [9.17, 15) is 14.4 Å². The fourth-order valence-corrected chi connectivity index (χ4v) is 2.38. The standard InChI is InChI=1S/C17H24N4O3/c1-11(2)9-20-16(23)13-4-5-14(12(3)8-13)19-10-15(22)21-7-6-18-17(21)24/h4-5,8,11,19H,6-7,9-10H2,1-3H3,(H,18,24)(H,20,23). The monoisotopic (exact) mass is 332 g/mol. The van der Waals surface area contributed by atoms with Crippen molar-refractivity contribution in [3.05, 3.63) is 29.3 Å². The molecular weight excluding hydrogens is 308 g/mol. The Balaban J connectivity index is 1.93. The molecule has 7 nitrogen and oxygen atoms in total. The van der Waals surface area contributed by atoms with Crippen molar-refractivity contribution in [2.75, 3.05) is 31.5 Å². The minimum atomic E-state index is -0.351. The Morgan fingerprint density at radius 2 is 2.08 bits per heavy atom. The zero-order valence-electron chi connectivity index (χ0n) is 14.3. The number of urea groups is 1. The molecular formula is C17H24N4O3. The Labute approximate surface area is 141 Å². The fourth-order valence-electron chi connectivity index (χ4n) is 2.38. The van der Waals surface area contributed by atoms with Gasteiger partial charge in [0, 0.05) is 30.9 Å². The van der Waals surface area contributed by atoms with Crippen molar-refractivity contribution < 1.29 is 14.4 Å². The third-order valence-electron chi connectivity index (χ3n) is 3.75. The highest BCUT2D eigenvalue weighted by molar-refractivity contribution is 5.98. The van der Waals surface area contributed by atoms with E-state index in [1.807, 2.05) is 20.8 Å². The van der Waals surface area contributed by atoms with Crippen LogP contribution < -0.4 is 16.0 Å². The number of nitrogens with one attached hydrogen (secondary N) is 3. The van der Waals surface area contributed by atoms with Crippen LogP contribution in [0.4, 0.5) is 10.5 Å². The highest BCUT2D eigenvalue weighted by Gasteiger charge is 2.25. The van der Waals surface area contributed by atoms with Crippen LogP contribution in [0.25, 0.3) is 0 Å². The van der Waals surface area contributed by atoms with Crippen LogP contribution in [0, 0.1) is 12.8 Å². The summed E-state index contributed by atoms with van der Waals surface area (Å²) in [7, 11) is 0. The molecule has 0 bridgehead atoms. The van der Waals surface area contributed by atoms with Gasteiger partial charge in [-0.25, -0.2) is 4.79 Å². The molecule has 1 aliphatic heterocycles. The average molecular weight is 332 g/mol. The van der Waals surface area contributed by atoms with Crippen LogP contribution in [0.3, 0.4) is 0 Å². The van der Waals surface area contributed by atoms with E-state index >= 15 is 0 Å². The van der Waals surface area contributed by atoms with Crippen LogP contribution in [-0.4, -0.2) is 48.9 Å². The second kappa shape index (κ2) is 7.81. The van der Waals surface area contributed by atoms with E-state index in [-0.39, 0.29) is 24.4 Å². The molecule has 0 unspecified atom stereocenters. The quantitative estimate of drug-likeness (QED) is 0.733. The second-order valence-corrected chi connectivity index (χ2v) is 6.26. The molecule has 0 aliphatic carbocycles. The van der Waals surface area contributed by atoms with Crippen LogP contribution in [0.2, 0.25) is 0 Å². The first kappa shape index (κ1) is 17.8. The molecule has 7 heteroatoms. The Bertz CT molecular complexity index is 643. The van der Waals surface area contributed by atoms with Crippen molar-refractivity contribution in [3.63, 3.8) is 0 Å². The highest BCUT2D eigenvalue weighted by Crippen LogP contribution is 2.16. The summed E-state index contributed by atoms with van der Waals surface area (Å²) in [5, 5.41) is 8.49. The topological polar surface area (TPSA) is 90.5 Å². The zero-order chi connectivity index (χ0) is 17.7. The molecule has 0 saturated carbocycles. The number of nitrogens with zero attached hydrogens (tertiary/aromatic N) is 1. The maximum Gasteiger partial charge on any atom is 0.324 e. The van der Waals surface area contributed by atoms with Crippen LogP contribution in [0.15, 0.2) is 18.2 Å². The second-order valence-electron chi connectivity index (χ2n) is 6.26. The van der Waals surface area contributed by atoms with Gasteiger partial charge in [0.15, 0.2) is 0 Å². The average Bonchev–Trinajstić information content (AvgIpc) is 2.97. The van der Waals surface area contributed by atoms with Crippen molar-refractivity contribution in [1.29, 1.82) is 0 Å². The molecule has 3 N–H and O–H groups in total. The molecule has 1 heterocycles. The summed E-state index contributed by atoms with van der Waals surface area (Å²) in [4.78, 5) is 36.7. The van der Waals surface area contributed by atoms with Gasteiger partial charge in [0.05, 0.1) is 6.54 Å². The molecule has 1 fully saturated rings. The van der Waals surface area contributed by atoms with E-state index in [0.29, 0.717) is 31.1 Å². The normalized spacial score (nSPS) is 13.8. The van der Waals surface area contributed by atoms with Gasteiger partial charge in [-0.3, -0.25) is 14.5 Å². The number of carbonyl (C=O) groups is 3.